The summed E-state index contributed by atoms with van der Waals surface area (Å²) >= 11 is 0. The third-order valence-electron chi connectivity index (χ3n) is 9.30. The van der Waals surface area contributed by atoms with Gasteiger partial charge in [-0.15, -0.1) is 0 Å². The number of anilines is 6. The lowest BCUT2D eigenvalue weighted by atomic mass is 10.0. The molecule has 0 aliphatic heterocycles. The van der Waals surface area contributed by atoms with Gasteiger partial charge in [0.25, 0.3) is 0 Å². The van der Waals surface area contributed by atoms with E-state index >= 15 is 0 Å². The van der Waals surface area contributed by atoms with Crippen LogP contribution in [0.2, 0.25) is 0 Å². The molecule has 4 nitrogen and oxygen atoms in total. The van der Waals surface area contributed by atoms with E-state index in [2.05, 4.69) is 155 Å². The number of nitrogens with zero attached hydrogens (tertiary/aromatic N) is 2. The third kappa shape index (κ3) is 8.20. The van der Waals surface area contributed by atoms with Crippen molar-refractivity contribution in [2.24, 2.45) is 0 Å². The van der Waals surface area contributed by atoms with E-state index in [0.717, 1.165) is 67.9 Å². The highest BCUT2D eigenvalue weighted by Gasteiger charge is 2.15. The molecule has 54 heavy (non-hydrogen) atoms. The molecule has 8 rings (SSSR count). The zero-order valence-corrected chi connectivity index (χ0v) is 29.9. The van der Waals surface area contributed by atoms with Gasteiger partial charge in [0.2, 0.25) is 0 Å². The van der Waals surface area contributed by atoms with E-state index in [1.807, 2.05) is 72.8 Å². The molecule has 0 unspecified atom stereocenters. The Morgan fingerprint density at radius 3 is 0.833 bits per heavy atom. The second kappa shape index (κ2) is 16.5. The van der Waals surface area contributed by atoms with Crippen LogP contribution in [0.4, 0.5) is 34.1 Å². The average Bonchev–Trinajstić information content (AvgIpc) is 3.25. The Morgan fingerprint density at radius 1 is 0.259 bits per heavy atom. The highest BCUT2D eigenvalue weighted by atomic mass is 16.5. The van der Waals surface area contributed by atoms with Gasteiger partial charge in [0, 0.05) is 34.1 Å². The van der Waals surface area contributed by atoms with E-state index in [0.29, 0.717) is 13.2 Å². The van der Waals surface area contributed by atoms with Crippen LogP contribution < -0.4 is 19.3 Å². The van der Waals surface area contributed by atoms with Gasteiger partial charge in [0.1, 0.15) is 24.7 Å². The summed E-state index contributed by atoms with van der Waals surface area (Å²) in [7, 11) is 0. The minimum Gasteiger partial charge on any atom is -0.489 e. The van der Waals surface area contributed by atoms with Crippen LogP contribution in [0, 0.1) is 0 Å². The Balaban J connectivity index is 1.01. The molecule has 0 spiro atoms. The molecule has 4 heteroatoms. The van der Waals surface area contributed by atoms with Gasteiger partial charge in [-0.25, -0.2) is 0 Å². The Kier molecular flexibility index (Phi) is 10.4. The molecule has 8 aromatic carbocycles. The van der Waals surface area contributed by atoms with Crippen LogP contribution >= 0.6 is 0 Å². The van der Waals surface area contributed by atoms with Crippen LogP contribution in [0.1, 0.15) is 11.1 Å². The first-order chi connectivity index (χ1) is 26.8. The molecule has 0 aromatic heterocycles. The van der Waals surface area contributed by atoms with Crippen molar-refractivity contribution in [3.63, 3.8) is 0 Å². The number of rotatable bonds is 13. The predicted molar refractivity (Wildman–Crippen MR) is 223 cm³/mol. The lowest BCUT2D eigenvalue weighted by molar-refractivity contribution is 0.306. The van der Waals surface area contributed by atoms with Crippen LogP contribution in [0.15, 0.2) is 218 Å². The van der Waals surface area contributed by atoms with Crippen molar-refractivity contribution >= 4 is 34.1 Å². The van der Waals surface area contributed by atoms with Gasteiger partial charge in [-0.05, 0) is 119 Å². The van der Waals surface area contributed by atoms with Crippen molar-refractivity contribution in [1.29, 1.82) is 0 Å². The molecule has 8 aromatic rings. The Bertz CT molecular complexity index is 2160. The number of hydrogen-bond acceptors (Lipinski definition) is 4. The lowest BCUT2D eigenvalue weighted by Gasteiger charge is -2.26. The topological polar surface area (TPSA) is 24.9 Å². The molecule has 0 amide bonds. The summed E-state index contributed by atoms with van der Waals surface area (Å²) in [6.07, 6.45) is 0. The van der Waals surface area contributed by atoms with Crippen molar-refractivity contribution in [3.8, 4) is 22.6 Å². The third-order valence-corrected chi connectivity index (χ3v) is 9.30. The Labute approximate surface area is 317 Å². The molecular formula is C50H40N2O2. The van der Waals surface area contributed by atoms with E-state index in [4.69, 9.17) is 9.47 Å². The van der Waals surface area contributed by atoms with Crippen LogP contribution in [-0.4, -0.2) is 0 Å². The van der Waals surface area contributed by atoms with Crippen LogP contribution in [0.3, 0.4) is 0 Å². The van der Waals surface area contributed by atoms with Crippen molar-refractivity contribution < 1.29 is 9.47 Å². The smallest absolute Gasteiger partial charge is 0.119 e. The second-order valence-corrected chi connectivity index (χ2v) is 13.0. The summed E-state index contributed by atoms with van der Waals surface area (Å²) in [5, 5.41) is 0. The van der Waals surface area contributed by atoms with Gasteiger partial charge < -0.3 is 19.3 Å². The fourth-order valence-electron chi connectivity index (χ4n) is 6.52. The van der Waals surface area contributed by atoms with E-state index in [9.17, 15) is 0 Å². The molecule has 0 N–H and O–H groups in total. The van der Waals surface area contributed by atoms with Gasteiger partial charge in [-0.1, -0.05) is 121 Å². The number of ether oxygens (including phenoxy) is 2. The molecule has 0 radical (unpaired) electrons. The summed E-state index contributed by atoms with van der Waals surface area (Å²) in [5.74, 6) is 1.68. The van der Waals surface area contributed by atoms with Gasteiger partial charge >= 0.3 is 0 Å². The van der Waals surface area contributed by atoms with Gasteiger partial charge in [-0.3, -0.25) is 0 Å². The zero-order valence-electron chi connectivity index (χ0n) is 29.9. The first-order valence-corrected chi connectivity index (χ1v) is 18.2. The summed E-state index contributed by atoms with van der Waals surface area (Å²) in [6, 6.07) is 75.5. The second-order valence-electron chi connectivity index (χ2n) is 13.0. The first-order valence-electron chi connectivity index (χ1n) is 18.2. The van der Waals surface area contributed by atoms with Crippen LogP contribution in [0.5, 0.6) is 11.5 Å². The molecule has 0 saturated heterocycles. The highest BCUT2D eigenvalue weighted by Crippen LogP contribution is 2.38. The van der Waals surface area contributed by atoms with E-state index in [1.54, 1.807) is 0 Å². The average molecular weight is 701 g/mol. The quantitative estimate of drug-likeness (QED) is 0.120. The SMILES string of the molecule is c1ccc(COc2ccc(N(c3ccccc3)c3ccc(-c4ccc(N(c5ccccc5)c5ccc(OCc6ccccc6)cc5)cc4)cc3)cc2)cc1. The monoisotopic (exact) mass is 700 g/mol. The van der Waals surface area contributed by atoms with Crippen molar-refractivity contribution in [1.82, 2.24) is 0 Å². The van der Waals surface area contributed by atoms with Gasteiger partial charge in [-0.2, -0.15) is 0 Å². The summed E-state index contributed by atoms with van der Waals surface area (Å²) < 4.78 is 12.2. The standard InChI is InChI=1S/C50H40N2O2/c1-5-13-39(14-6-1)37-53-49-33-29-47(30-34-49)51(43-17-9-3-10-18-43)45-25-21-41(22-26-45)42-23-27-46(28-24-42)52(44-19-11-4-12-20-44)48-31-35-50(36-32-48)54-38-40-15-7-2-8-16-40/h1-36H,37-38H2. The number of benzene rings is 8. The van der Waals surface area contributed by atoms with E-state index in [1.165, 1.54) is 0 Å². The predicted octanol–water partition coefficient (Wildman–Crippen LogP) is 13.5. The largest absolute Gasteiger partial charge is 0.489 e. The van der Waals surface area contributed by atoms with Crippen molar-refractivity contribution in [3.05, 3.63) is 230 Å². The Morgan fingerprint density at radius 2 is 0.519 bits per heavy atom. The molecule has 262 valence electrons. The number of hydrogen-bond donors (Lipinski definition) is 0. The molecular weight excluding hydrogens is 661 g/mol. The fraction of sp³-hybridized carbons (Fsp3) is 0.0400. The molecule has 0 heterocycles. The number of para-hydroxylation sites is 2. The van der Waals surface area contributed by atoms with Gasteiger partial charge in [0.05, 0.1) is 0 Å². The minimum atomic E-state index is 0.535. The lowest BCUT2D eigenvalue weighted by Crippen LogP contribution is -2.10. The molecule has 0 atom stereocenters. The van der Waals surface area contributed by atoms with Gasteiger partial charge in [0.15, 0.2) is 0 Å². The first kappa shape index (κ1) is 34.1. The normalized spacial score (nSPS) is 10.7. The highest BCUT2D eigenvalue weighted by molar-refractivity contribution is 5.81. The summed E-state index contributed by atoms with van der Waals surface area (Å²) in [6.45, 7) is 1.07. The van der Waals surface area contributed by atoms with Crippen LogP contribution in [-0.2, 0) is 13.2 Å². The maximum atomic E-state index is 6.08. The molecule has 0 fully saturated rings. The van der Waals surface area contributed by atoms with Crippen molar-refractivity contribution in [2.75, 3.05) is 9.80 Å². The molecule has 0 aliphatic carbocycles. The molecule has 0 aliphatic rings. The maximum absolute atomic E-state index is 6.08. The molecule has 0 bridgehead atoms. The summed E-state index contributed by atoms with van der Waals surface area (Å²) in [5.41, 5.74) is 11.0. The van der Waals surface area contributed by atoms with E-state index in [-0.39, 0.29) is 0 Å². The zero-order chi connectivity index (χ0) is 36.4. The van der Waals surface area contributed by atoms with Crippen molar-refractivity contribution in [2.45, 2.75) is 13.2 Å². The van der Waals surface area contributed by atoms with Crippen LogP contribution in [0.25, 0.3) is 11.1 Å². The summed E-state index contributed by atoms with van der Waals surface area (Å²) in [4.78, 5) is 4.53. The Hall–Kier alpha value is -7.04. The van der Waals surface area contributed by atoms with E-state index < -0.39 is 0 Å². The fourth-order valence-corrected chi connectivity index (χ4v) is 6.52. The minimum absolute atomic E-state index is 0.535. The molecule has 0 saturated carbocycles. The maximum Gasteiger partial charge on any atom is 0.119 e.